The van der Waals surface area contributed by atoms with Crippen molar-refractivity contribution in [3.05, 3.63) is 66.2 Å². The van der Waals surface area contributed by atoms with Gasteiger partial charge in [0.25, 0.3) is 0 Å². The third-order valence-corrected chi connectivity index (χ3v) is 4.54. The summed E-state index contributed by atoms with van der Waals surface area (Å²) in [5.41, 5.74) is 1.09. The van der Waals surface area contributed by atoms with Gasteiger partial charge in [0.15, 0.2) is 7.29 Å². The summed E-state index contributed by atoms with van der Waals surface area (Å²) in [6, 6.07) is 19.3. The molecule has 0 N–H and O–H groups in total. The van der Waals surface area contributed by atoms with E-state index in [-0.39, 0.29) is 0 Å². The second-order valence-electron chi connectivity index (χ2n) is 4.00. The van der Waals surface area contributed by atoms with E-state index in [1.807, 2.05) is 60.7 Å². The predicted molar refractivity (Wildman–Crippen MR) is 71.9 cm³/mol. The molecular weight excluding hydrogens is 229 g/mol. The Labute approximate surface area is 102 Å². The first kappa shape index (κ1) is 12.1. The summed E-state index contributed by atoms with van der Waals surface area (Å²) in [4.78, 5) is 0. The number of hydrogen-bond acceptors (Lipinski definition) is 1. The van der Waals surface area contributed by atoms with E-state index in [2.05, 4.69) is 5.09 Å². The van der Waals surface area contributed by atoms with Crippen LogP contribution in [0, 0.1) is 0 Å². The largest absolute Gasteiger partial charge is 0.300 e. The highest BCUT2D eigenvalue weighted by Gasteiger charge is 2.18. The molecule has 0 spiro atoms. The van der Waals surface area contributed by atoms with Gasteiger partial charge in [-0.25, -0.2) is 0 Å². The topological polar surface area (TPSA) is 31.2 Å². The Hall–Kier alpha value is -1.37. The zero-order chi connectivity index (χ0) is 12.1. The highest BCUT2D eigenvalue weighted by Crippen LogP contribution is 2.36. The molecule has 3 heteroatoms. The smallest absolute Gasteiger partial charge is 0.189 e. The Morgan fingerprint density at radius 1 is 0.941 bits per heavy atom. The van der Waals surface area contributed by atoms with Crippen molar-refractivity contribution in [2.45, 2.75) is 6.54 Å². The first-order chi connectivity index (χ1) is 8.18. The third kappa shape index (κ3) is 3.29. The van der Waals surface area contributed by atoms with Crippen LogP contribution in [-0.2, 0) is 11.1 Å². The van der Waals surface area contributed by atoms with Gasteiger partial charge in [0.05, 0.1) is 0 Å². The molecule has 0 aliphatic heterocycles. The fourth-order valence-electron chi connectivity index (χ4n) is 1.59. The Morgan fingerprint density at radius 2 is 1.47 bits per heavy atom. The lowest BCUT2D eigenvalue weighted by molar-refractivity contribution is 0.574. The summed E-state index contributed by atoms with van der Waals surface area (Å²) in [6.07, 6.45) is 0. The van der Waals surface area contributed by atoms with Crippen molar-refractivity contribution in [1.82, 2.24) is 5.09 Å². The zero-order valence-corrected chi connectivity index (χ0v) is 10.7. The van der Waals surface area contributed by atoms with Crippen LogP contribution in [0.3, 0.4) is 0 Å². The minimum atomic E-state index is -2.59. The standard InChI is InChI=1S/C14H15NOP/c1-17(16,14-10-6-3-7-11-14)15-12-13-8-4-2-5-9-13/h2-11H,12H2,1H3. The molecule has 0 aliphatic carbocycles. The molecule has 0 aromatic heterocycles. The van der Waals surface area contributed by atoms with Crippen molar-refractivity contribution in [3.63, 3.8) is 0 Å². The maximum Gasteiger partial charge on any atom is 0.189 e. The minimum absolute atomic E-state index is 0.503. The first-order valence-corrected chi connectivity index (χ1v) is 7.65. The van der Waals surface area contributed by atoms with Gasteiger partial charge in [0.1, 0.15) is 0 Å². The summed E-state index contributed by atoms with van der Waals surface area (Å²) < 4.78 is 12.4. The molecule has 0 aliphatic rings. The molecular formula is C14H15NOP. The van der Waals surface area contributed by atoms with E-state index in [1.54, 1.807) is 6.66 Å². The van der Waals surface area contributed by atoms with Crippen molar-refractivity contribution in [2.24, 2.45) is 0 Å². The molecule has 1 radical (unpaired) electrons. The second kappa shape index (κ2) is 5.31. The summed E-state index contributed by atoms with van der Waals surface area (Å²) >= 11 is 0. The number of benzene rings is 2. The molecule has 0 saturated heterocycles. The molecule has 0 fully saturated rings. The SMILES string of the molecule is CP(=O)([N]Cc1ccccc1)c1ccccc1. The number of rotatable bonds is 4. The highest BCUT2D eigenvalue weighted by atomic mass is 31.2. The van der Waals surface area contributed by atoms with E-state index in [0.29, 0.717) is 6.54 Å². The van der Waals surface area contributed by atoms with Crippen LogP contribution < -0.4 is 10.4 Å². The lowest BCUT2D eigenvalue weighted by Crippen LogP contribution is -2.12. The molecule has 17 heavy (non-hydrogen) atoms. The Balaban J connectivity index is 2.06. The van der Waals surface area contributed by atoms with Gasteiger partial charge in [-0.15, -0.1) is 0 Å². The van der Waals surface area contributed by atoms with Crippen molar-refractivity contribution in [1.29, 1.82) is 0 Å². The monoisotopic (exact) mass is 244 g/mol. The van der Waals surface area contributed by atoms with Gasteiger partial charge in [0.2, 0.25) is 0 Å². The van der Waals surface area contributed by atoms with Crippen LogP contribution in [-0.4, -0.2) is 6.66 Å². The predicted octanol–water partition coefficient (Wildman–Crippen LogP) is 3.02. The molecule has 0 saturated carbocycles. The van der Waals surface area contributed by atoms with Gasteiger partial charge in [0, 0.05) is 18.5 Å². The molecule has 1 unspecified atom stereocenters. The van der Waals surface area contributed by atoms with Gasteiger partial charge in [-0.3, -0.25) is 0 Å². The Kier molecular flexibility index (Phi) is 3.78. The molecule has 2 aromatic rings. The van der Waals surface area contributed by atoms with Gasteiger partial charge in [-0.2, -0.15) is 5.09 Å². The zero-order valence-electron chi connectivity index (χ0n) is 9.78. The fraction of sp³-hybridized carbons (Fsp3) is 0.143. The lowest BCUT2D eigenvalue weighted by Gasteiger charge is -2.12. The van der Waals surface area contributed by atoms with E-state index in [1.165, 1.54) is 0 Å². The molecule has 87 valence electrons. The van der Waals surface area contributed by atoms with Crippen LogP contribution in [0.1, 0.15) is 5.56 Å². The summed E-state index contributed by atoms with van der Waals surface area (Å²) in [5, 5.41) is 5.17. The van der Waals surface area contributed by atoms with E-state index < -0.39 is 7.29 Å². The molecule has 1 atom stereocenters. The van der Waals surface area contributed by atoms with E-state index in [4.69, 9.17) is 0 Å². The number of hydrogen-bond donors (Lipinski definition) is 0. The molecule has 2 aromatic carbocycles. The van der Waals surface area contributed by atoms with Crippen LogP contribution in [0.2, 0.25) is 0 Å². The van der Waals surface area contributed by atoms with Crippen LogP contribution in [0.4, 0.5) is 0 Å². The lowest BCUT2D eigenvalue weighted by atomic mass is 10.2. The minimum Gasteiger partial charge on any atom is -0.300 e. The summed E-state index contributed by atoms with van der Waals surface area (Å²) in [6.45, 7) is 2.22. The second-order valence-corrected chi connectivity index (χ2v) is 6.56. The number of nitrogens with zero attached hydrogens (tertiary/aromatic N) is 1. The van der Waals surface area contributed by atoms with Crippen LogP contribution in [0.25, 0.3) is 0 Å². The van der Waals surface area contributed by atoms with E-state index >= 15 is 0 Å². The molecule has 2 nitrogen and oxygen atoms in total. The Morgan fingerprint density at radius 3 is 2.06 bits per heavy atom. The molecule has 0 amide bonds. The van der Waals surface area contributed by atoms with Crippen LogP contribution in [0.5, 0.6) is 0 Å². The van der Waals surface area contributed by atoms with Gasteiger partial charge >= 0.3 is 0 Å². The van der Waals surface area contributed by atoms with E-state index in [9.17, 15) is 4.57 Å². The van der Waals surface area contributed by atoms with E-state index in [0.717, 1.165) is 10.9 Å². The normalized spacial score (nSPS) is 14.2. The summed E-state index contributed by atoms with van der Waals surface area (Å²) in [7, 11) is -2.59. The average molecular weight is 244 g/mol. The van der Waals surface area contributed by atoms with Crippen molar-refractivity contribution < 1.29 is 4.57 Å². The van der Waals surface area contributed by atoms with Crippen LogP contribution in [0.15, 0.2) is 60.7 Å². The van der Waals surface area contributed by atoms with Crippen molar-refractivity contribution in [2.75, 3.05) is 6.66 Å². The molecule has 0 heterocycles. The van der Waals surface area contributed by atoms with Gasteiger partial charge < -0.3 is 4.57 Å². The van der Waals surface area contributed by atoms with Gasteiger partial charge in [-0.1, -0.05) is 60.7 Å². The van der Waals surface area contributed by atoms with Crippen molar-refractivity contribution in [3.8, 4) is 0 Å². The third-order valence-electron chi connectivity index (χ3n) is 2.60. The average Bonchev–Trinajstić information content (AvgIpc) is 2.39. The van der Waals surface area contributed by atoms with Crippen LogP contribution >= 0.6 is 7.29 Å². The maximum atomic E-state index is 12.4. The summed E-state index contributed by atoms with van der Waals surface area (Å²) in [5.74, 6) is 0. The highest BCUT2D eigenvalue weighted by molar-refractivity contribution is 7.68. The Bertz CT molecular complexity index is 510. The maximum absolute atomic E-state index is 12.4. The first-order valence-electron chi connectivity index (χ1n) is 5.54. The molecule has 0 bridgehead atoms. The fourth-order valence-corrected chi connectivity index (χ4v) is 2.91. The van der Waals surface area contributed by atoms with Gasteiger partial charge in [-0.05, 0) is 5.56 Å². The molecule has 2 rings (SSSR count). The quantitative estimate of drug-likeness (QED) is 0.760. The van der Waals surface area contributed by atoms with Crippen molar-refractivity contribution >= 4 is 12.6 Å².